The fourth-order valence-corrected chi connectivity index (χ4v) is 3.41. The largest absolute Gasteiger partial charge is 0.349 e. The molecule has 0 aromatic heterocycles. The van der Waals surface area contributed by atoms with Crippen LogP contribution in [0.5, 0.6) is 0 Å². The van der Waals surface area contributed by atoms with Crippen LogP contribution in [-0.4, -0.2) is 37.5 Å². The first-order valence-corrected chi connectivity index (χ1v) is 9.37. The second-order valence-electron chi connectivity index (χ2n) is 5.87. The minimum Gasteiger partial charge on any atom is -0.349 e. The van der Waals surface area contributed by atoms with E-state index in [1.165, 1.54) is 4.31 Å². The molecule has 0 saturated heterocycles. The smallest absolute Gasteiger partial charge is 0.251 e. The maximum absolute atomic E-state index is 12.1. The van der Waals surface area contributed by atoms with E-state index in [1.807, 2.05) is 19.1 Å². The second kappa shape index (κ2) is 7.24. The fourth-order valence-electron chi connectivity index (χ4n) is 2.10. The van der Waals surface area contributed by atoms with Crippen molar-refractivity contribution in [2.24, 2.45) is 0 Å². The Labute approximate surface area is 132 Å². The van der Waals surface area contributed by atoms with Crippen molar-refractivity contribution in [3.8, 4) is 0 Å². The molecule has 1 amide bonds. The minimum absolute atomic E-state index is 0.0574. The average molecular weight is 324 g/mol. The van der Waals surface area contributed by atoms with Crippen molar-refractivity contribution in [2.75, 3.05) is 12.8 Å². The zero-order valence-corrected chi connectivity index (χ0v) is 14.0. The van der Waals surface area contributed by atoms with Gasteiger partial charge in [-0.05, 0) is 37.0 Å². The quantitative estimate of drug-likeness (QED) is 0.797. The van der Waals surface area contributed by atoms with Gasteiger partial charge >= 0.3 is 0 Å². The number of hydrogen-bond donors (Lipinski definition) is 1. The molecular formula is C16H24N2O3S. The lowest BCUT2D eigenvalue weighted by molar-refractivity contribution is 0.0951. The molecule has 122 valence electrons. The van der Waals surface area contributed by atoms with E-state index in [-0.39, 0.29) is 11.7 Å². The summed E-state index contributed by atoms with van der Waals surface area (Å²) in [6.45, 7) is 2.30. The van der Waals surface area contributed by atoms with Gasteiger partial charge in [-0.2, -0.15) is 0 Å². The monoisotopic (exact) mass is 324 g/mol. The van der Waals surface area contributed by atoms with Gasteiger partial charge in [0.2, 0.25) is 10.0 Å². The number of sulfonamides is 1. The molecule has 1 N–H and O–H groups in total. The Kier molecular flexibility index (Phi) is 5.58. The van der Waals surface area contributed by atoms with Gasteiger partial charge in [-0.3, -0.25) is 4.79 Å². The van der Waals surface area contributed by atoms with E-state index in [9.17, 15) is 13.2 Å². The first kappa shape index (κ1) is 17.0. The van der Waals surface area contributed by atoms with Crippen molar-refractivity contribution < 1.29 is 13.2 Å². The van der Waals surface area contributed by atoms with Crippen molar-refractivity contribution in [3.05, 3.63) is 35.4 Å². The summed E-state index contributed by atoms with van der Waals surface area (Å²) >= 11 is 0. The standard InChI is InChI=1S/C16H24N2O3S/c1-3-4-11-22(20,21)18(2)12-13-5-7-14(8-6-13)16(19)17-15-9-10-15/h5-8,15H,3-4,9-12H2,1-2H3,(H,17,19). The maximum Gasteiger partial charge on any atom is 0.251 e. The molecule has 0 heterocycles. The van der Waals surface area contributed by atoms with Gasteiger partial charge in [-0.25, -0.2) is 12.7 Å². The summed E-state index contributed by atoms with van der Waals surface area (Å²) in [6, 6.07) is 7.46. The molecule has 5 nitrogen and oxygen atoms in total. The molecule has 0 atom stereocenters. The third kappa shape index (κ3) is 4.81. The van der Waals surface area contributed by atoms with E-state index < -0.39 is 10.0 Å². The molecule has 0 radical (unpaired) electrons. The lowest BCUT2D eigenvalue weighted by Gasteiger charge is -2.17. The number of unbranched alkanes of at least 4 members (excludes halogenated alkanes) is 1. The third-order valence-electron chi connectivity index (χ3n) is 3.76. The van der Waals surface area contributed by atoms with Gasteiger partial charge in [0.05, 0.1) is 5.75 Å². The molecule has 22 heavy (non-hydrogen) atoms. The third-order valence-corrected chi connectivity index (χ3v) is 5.65. The van der Waals surface area contributed by atoms with Crippen LogP contribution in [0.2, 0.25) is 0 Å². The zero-order valence-electron chi connectivity index (χ0n) is 13.2. The Hall–Kier alpha value is -1.40. The van der Waals surface area contributed by atoms with Crippen molar-refractivity contribution >= 4 is 15.9 Å². The summed E-state index contributed by atoms with van der Waals surface area (Å²) in [5.41, 5.74) is 1.50. The molecule has 1 aromatic rings. The molecule has 2 rings (SSSR count). The highest BCUT2D eigenvalue weighted by atomic mass is 32.2. The van der Waals surface area contributed by atoms with Crippen molar-refractivity contribution in [1.82, 2.24) is 9.62 Å². The lowest BCUT2D eigenvalue weighted by Crippen LogP contribution is -2.29. The van der Waals surface area contributed by atoms with E-state index in [0.29, 0.717) is 24.6 Å². The predicted molar refractivity (Wildman–Crippen MR) is 87.1 cm³/mol. The summed E-state index contributed by atoms with van der Waals surface area (Å²) in [4.78, 5) is 11.9. The van der Waals surface area contributed by atoms with Crippen LogP contribution in [0.15, 0.2) is 24.3 Å². The van der Waals surface area contributed by atoms with Crippen LogP contribution in [-0.2, 0) is 16.6 Å². The normalized spacial score (nSPS) is 15.0. The Balaban J connectivity index is 1.93. The van der Waals surface area contributed by atoms with Crippen LogP contribution in [0.3, 0.4) is 0 Å². The van der Waals surface area contributed by atoms with E-state index in [4.69, 9.17) is 0 Å². The molecule has 1 aliphatic carbocycles. The molecule has 0 bridgehead atoms. The topological polar surface area (TPSA) is 66.5 Å². The Morgan fingerprint density at radius 2 is 1.91 bits per heavy atom. The molecule has 0 aliphatic heterocycles. The Morgan fingerprint density at radius 3 is 2.45 bits per heavy atom. The van der Waals surface area contributed by atoms with E-state index >= 15 is 0 Å². The summed E-state index contributed by atoms with van der Waals surface area (Å²) in [6.07, 6.45) is 3.65. The number of nitrogens with one attached hydrogen (secondary N) is 1. The maximum atomic E-state index is 12.1. The second-order valence-corrected chi connectivity index (χ2v) is 8.07. The summed E-state index contributed by atoms with van der Waals surface area (Å²) in [5.74, 6) is 0.125. The molecule has 0 unspecified atom stereocenters. The molecule has 1 saturated carbocycles. The van der Waals surface area contributed by atoms with Gasteiger partial charge in [0.15, 0.2) is 0 Å². The van der Waals surface area contributed by atoms with Crippen molar-refractivity contribution in [1.29, 1.82) is 0 Å². The van der Waals surface area contributed by atoms with E-state index in [0.717, 1.165) is 24.8 Å². The number of carbonyl (C=O) groups is 1. The zero-order chi connectivity index (χ0) is 16.2. The van der Waals surface area contributed by atoms with Gasteiger partial charge < -0.3 is 5.32 Å². The van der Waals surface area contributed by atoms with Crippen LogP contribution in [0.1, 0.15) is 48.5 Å². The predicted octanol–water partition coefficient (Wildman–Crippen LogP) is 2.14. The molecule has 1 aromatic carbocycles. The van der Waals surface area contributed by atoms with Gasteiger partial charge in [-0.15, -0.1) is 0 Å². The first-order valence-electron chi connectivity index (χ1n) is 7.76. The van der Waals surface area contributed by atoms with Crippen LogP contribution >= 0.6 is 0 Å². The van der Waals surface area contributed by atoms with E-state index in [2.05, 4.69) is 5.32 Å². The summed E-state index contributed by atoms with van der Waals surface area (Å²) in [7, 11) is -1.60. The number of hydrogen-bond acceptors (Lipinski definition) is 3. The average Bonchev–Trinajstić information content (AvgIpc) is 3.29. The molecule has 6 heteroatoms. The molecule has 1 aliphatic rings. The number of amides is 1. The number of rotatable bonds is 8. The number of benzene rings is 1. The highest BCUT2D eigenvalue weighted by Crippen LogP contribution is 2.19. The van der Waals surface area contributed by atoms with Crippen molar-refractivity contribution in [3.63, 3.8) is 0 Å². The highest BCUT2D eigenvalue weighted by Gasteiger charge is 2.23. The van der Waals surface area contributed by atoms with Gasteiger partial charge in [0.25, 0.3) is 5.91 Å². The van der Waals surface area contributed by atoms with E-state index in [1.54, 1.807) is 19.2 Å². The number of nitrogens with zero attached hydrogens (tertiary/aromatic N) is 1. The summed E-state index contributed by atoms with van der Waals surface area (Å²) < 4.78 is 25.5. The number of carbonyl (C=O) groups excluding carboxylic acids is 1. The van der Waals surface area contributed by atoms with Crippen LogP contribution < -0.4 is 5.32 Å². The highest BCUT2D eigenvalue weighted by molar-refractivity contribution is 7.89. The SMILES string of the molecule is CCCCS(=O)(=O)N(C)Cc1ccc(C(=O)NC2CC2)cc1. The molecule has 1 fully saturated rings. The van der Waals surface area contributed by atoms with Crippen LogP contribution in [0, 0.1) is 0 Å². The van der Waals surface area contributed by atoms with Gasteiger partial charge in [-0.1, -0.05) is 25.5 Å². The van der Waals surface area contributed by atoms with Crippen molar-refractivity contribution in [2.45, 2.75) is 45.2 Å². The van der Waals surface area contributed by atoms with Gasteiger partial charge in [0.1, 0.15) is 0 Å². The lowest BCUT2D eigenvalue weighted by atomic mass is 10.1. The Bertz CT molecular complexity index is 607. The molecular weight excluding hydrogens is 300 g/mol. The molecule has 0 spiro atoms. The van der Waals surface area contributed by atoms with Crippen LogP contribution in [0.4, 0.5) is 0 Å². The van der Waals surface area contributed by atoms with Crippen LogP contribution in [0.25, 0.3) is 0 Å². The summed E-state index contributed by atoms with van der Waals surface area (Å²) in [5, 5.41) is 2.93. The van der Waals surface area contributed by atoms with Gasteiger partial charge in [0, 0.05) is 25.2 Å². The first-order chi connectivity index (χ1) is 10.4. The minimum atomic E-state index is -3.20. The Morgan fingerprint density at radius 1 is 1.27 bits per heavy atom. The fraction of sp³-hybridized carbons (Fsp3) is 0.562.